The van der Waals surface area contributed by atoms with Gasteiger partial charge < -0.3 is 14.7 Å². The Bertz CT molecular complexity index is 1190. The molecule has 0 aliphatic carbocycles. The highest BCUT2D eigenvalue weighted by molar-refractivity contribution is 7.89. The highest BCUT2D eigenvalue weighted by atomic mass is 32.2. The predicted molar refractivity (Wildman–Crippen MR) is 119 cm³/mol. The van der Waals surface area contributed by atoms with Gasteiger partial charge in [-0.1, -0.05) is 18.2 Å². The second-order valence-corrected chi connectivity index (χ2v) is 9.82. The number of nitrogens with zero attached hydrogens (tertiary/aromatic N) is 2. The maximum Gasteiger partial charge on any atom is 0.295 e. The molecule has 0 unspecified atom stereocenters. The SMILES string of the molecule is COCCCN1C(=O)C(=O)/C(=C(/O)c2ccc(S(=O)(=O)N(C)C)cc2)[C@H]1c1ccccc1F. The lowest BCUT2D eigenvalue weighted by molar-refractivity contribution is -0.140. The number of hydrogen-bond donors (Lipinski definition) is 1. The van der Waals surface area contributed by atoms with Gasteiger partial charge in [0, 0.05) is 45.5 Å². The number of aliphatic hydroxyl groups excluding tert-OH is 1. The van der Waals surface area contributed by atoms with Gasteiger partial charge in [-0.3, -0.25) is 9.59 Å². The molecule has 1 aliphatic rings. The maximum absolute atomic E-state index is 14.7. The van der Waals surface area contributed by atoms with Crippen LogP contribution in [0, 0.1) is 5.82 Å². The summed E-state index contributed by atoms with van der Waals surface area (Å²) in [4.78, 5) is 26.9. The number of halogens is 1. The number of rotatable bonds is 8. The van der Waals surface area contributed by atoms with E-state index in [1.807, 2.05) is 0 Å². The Balaban J connectivity index is 2.12. The van der Waals surface area contributed by atoms with E-state index < -0.39 is 39.3 Å². The zero-order valence-corrected chi connectivity index (χ0v) is 19.3. The van der Waals surface area contributed by atoms with E-state index in [2.05, 4.69) is 0 Å². The molecule has 0 saturated carbocycles. The zero-order chi connectivity index (χ0) is 24.3. The second-order valence-electron chi connectivity index (χ2n) is 7.67. The fourth-order valence-corrected chi connectivity index (χ4v) is 4.56. The number of ketones is 1. The van der Waals surface area contributed by atoms with Crippen LogP contribution in [-0.2, 0) is 24.3 Å². The quantitative estimate of drug-likeness (QED) is 0.272. The van der Waals surface area contributed by atoms with Crippen LogP contribution in [0.15, 0.2) is 59.0 Å². The van der Waals surface area contributed by atoms with E-state index in [4.69, 9.17) is 4.74 Å². The van der Waals surface area contributed by atoms with Crippen LogP contribution in [0.1, 0.15) is 23.6 Å². The molecule has 0 radical (unpaired) electrons. The van der Waals surface area contributed by atoms with Gasteiger partial charge in [0.25, 0.3) is 11.7 Å². The molecular formula is C23H25FN2O6S. The molecule has 1 aliphatic heterocycles. The van der Waals surface area contributed by atoms with E-state index >= 15 is 0 Å². The third kappa shape index (κ3) is 4.68. The summed E-state index contributed by atoms with van der Waals surface area (Å²) >= 11 is 0. The number of carbonyl (C=O) groups excluding carboxylic acids is 2. The molecule has 1 amide bonds. The van der Waals surface area contributed by atoms with Crippen LogP contribution < -0.4 is 0 Å². The van der Waals surface area contributed by atoms with Crippen LogP contribution in [0.2, 0.25) is 0 Å². The topological polar surface area (TPSA) is 104 Å². The van der Waals surface area contributed by atoms with E-state index in [1.54, 1.807) is 6.07 Å². The van der Waals surface area contributed by atoms with Gasteiger partial charge in [-0.05, 0) is 36.8 Å². The summed E-state index contributed by atoms with van der Waals surface area (Å²) in [6.07, 6.45) is 0.408. The van der Waals surface area contributed by atoms with Crippen LogP contribution in [0.25, 0.3) is 5.76 Å². The van der Waals surface area contributed by atoms with Crippen LogP contribution >= 0.6 is 0 Å². The van der Waals surface area contributed by atoms with Crippen molar-refractivity contribution in [3.8, 4) is 0 Å². The van der Waals surface area contributed by atoms with Crippen molar-refractivity contribution in [1.29, 1.82) is 0 Å². The first-order valence-electron chi connectivity index (χ1n) is 10.2. The second kappa shape index (κ2) is 9.82. The molecule has 0 spiro atoms. The van der Waals surface area contributed by atoms with Crippen molar-refractivity contribution in [3.05, 3.63) is 71.0 Å². The fraction of sp³-hybridized carbons (Fsp3) is 0.304. The van der Waals surface area contributed by atoms with Crippen LogP contribution in [-0.4, -0.2) is 68.8 Å². The van der Waals surface area contributed by atoms with Crippen molar-refractivity contribution >= 4 is 27.5 Å². The number of sulfonamides is 1. The molecule has 10 heteroatoms. The summed E-state index contributed by atoms with van der Waals surface area (Å²) < 4.78 is 45.4. The van der Waals surface area contributed by atoms with E-state index in [0.717, 1.165) is 4.31 Å². The summed E-state index contributed by atoms with van der Waals surface area (Å²) in [6, 6.07) is 9.85. The molecule has 0 bridgehead atoms. The summed E-state index contributed by atoms with van der Waals surface area (Å²) in [5.74, 6) is -2.93. The first-order chi connectivity index (χ1) is 15.6. The molecule has 2 aromatic rings. The van der Waals surface area contributed by atoms with Gasteiger partial charge in [0.1, 0.15) is 11.6 Å². The van der Waals surface area contributed by atoms with Gasteiger partial charge in [0.2, 0.25) is 10.0 Å². The van der Waals surface area contributed by atoms with Crippen LogP contribution in [0.5, 0.6) is 0 Å². The van der Waals surface area contributed by atoms with E-state index in [9.17, 15) is 27.5 Å². The van der Waals surface area contributed by atoms with Crippen LogP contribution in [0.3, 0.4) is 0 Å². The third-order valence-corrected chi connectivity index (χ3v) is 7.22. The number of hydrogen-bond acceptors (Lipinski definition) is 6. The molecule has 2 aromatic carbocycles. The minimum absolute atomic E-state index is 0.00489. The summed E-state index contributed by atoms with van der Waals surface area (Å²) in [6.45, 7) is 0.447. The van der Waals surface area contributed by atoms with Crippen molar-refractivity contribution in [2.75, 3.05) is 34.4 Å². The van der Waals surface area contributed by atoms with Gasteiger partial charge in [-0.2, -0.15) is 0 Å². The lowest BCUT2D eigenvalue weighted by Crippen LogP contribution is -2.31. The summed E-state index contributed by atoms with van der Waals surface area (Å²) in [5, 5.41) is 11.0. The molecule has 33 heavy (non-hydrogen) atoms. The lowest BCUT2D eigenvalue weighted by atomic mass is 9.95. The van der Waals surface area contributed by atoms with E-state index in [0.29, 0.717) is 13.0 Å². The van der Waals surface area contributed by atoms with E-state index in [1.165, 1.54) is 68.6 Å². The Hall–Kier alpha value is -3.08. The van der Waals surface area contributed by atoms with Gasteiger partial charge in [-0.15, -0.1) is 0 Å². The van der Waals surface area contributed by atoms with Crippen molar-refractivity contribution < 1.29 is 32.2 Å². The fourth-order valence-electron chi connectivity index (χ4n) is 3.66. The van der Waals surface area contributed by atoms with Gasteiger partial charge >= 0.3 is 0 Å². The first kappa shape index (κ1) is 24.6. The molecule has 1 heterocycles. The standard InChI is InChI=1S/C23H25FN2O6S/c1-25(2)33(30,31)16-11-9-15(10-12-16)21(27)19-20(17-7-4-5-8-18(17)24)26(13-6-14-32-3)23(29)22(19)28/h4-5,7-12,20,27H,6,13-14H2,1-3H3/b21-19+/t20-/m1/s1. The molecule has 3 rings (SSSR count). The van der Waals surface area contributed by atoms with Crippen molar-refractivity contribution in [2.45, 2.75) is 17.4 Å². The first-order valence-corrected chi connectivity index (χ1v) is 11.6. The number of likely N-dealkylation sites (tertiary alicyclic amines) is 1. The Morgan fingerprint density at radius 3 is 2.33 bits per heavy atom. The number of methoxy groups -OCH3 is 1. The number of carbonyl (C=O) groups is 2. The molecule has 0 aromatic heterocycles. The van der Waals surface area contributed by atoms with Gasteiger partial charge in [0.15, 0.2) is 0 Å². The molecule has 8 nitrogen and oxygen atoms in total. The minimum atomic E-state index is -3.69. The molecule has 1 N–H and O–H groups in total. The van der Waals surface area contributed by atoms with Crippen LogP contribution in [0.4, 0.5) is 4.39 Å². The minimum Gasteiger partial charge on any atom is -0.507 e. The summed E-state index contributed by atoms with van der Waals surface area (Å²) in [7, 11) is 0.592. The number of benzene rings is 2. The molecule has 1 atom stereocenters. The Morgan fingerprint density at radius 2 is 1.76 bits per heavy atom. The van der Waals surface area contributed by atoms with Crippen molar-refractivity contribution in [2.24, 2.45) is 0 Å². The third-order valence-electron chi connectivity index (χ3n) is 5.39. The normalized spacial score (nSPS) is 18.3. The predicted octanol–water partition coefficient (Wildman–Crippen LogP) is 2.53. The Morgan fingerprint density at radius 1 is 1.12 bits per heavy atom. The lowest BCUT2D eigenvalue weighted by Gasteiger charge is -2.25. The number of ether oxygens (including phenoxy) is 1. The molecule has 1 fully saturated rings. The molecule has 1 saturated heterocycles. The molecular weight excluding hydrogens is 451 g/mol. The largest absolute Gasteiger partial charge is 0.507 e. The highest BCUT2D eigenvalue weighted by Crippen LogP contribution is 2.40. The Labute approximate surface area is 191 Å². The van der Waals surface area contributed by atoms with Gasteiger partial charge in [-0.25, -0.2) is 17.1 Å². The average Bonchev–Trinajstić information content (AvgIpc) is 3.04. The number of aliphatic hydroxyl groups is 1. The maximum atomic E-state index is 14.7. The highest BCUT2D eigenvalue weighted by Gasteiger charge is 2.46. The van der Waals surface area contributed by atoms with Gasteiger partial charge in [0.05, 0.1) is 16.5 Å². The Kier molecular flexibility index (Phi) is 7.31. The van der Waals surface area contributed by atoms with E-state index in [-0.39, 0.29) is 28.1 Å². The monoisotopic (exact) mass is 476 g/mol. The average molecular weight is 477 g/mol. The summed E-state index contributed by atoms with van der Waals surface area (Å²) in [5.41, 5.74) is -0.0582. The number of Topliss-reactive ketones (excluding diaryl/α,β-unsaturated/α-hetero) is 1. The zero-order valence-electron chi connectivity index (χ0n) is 18.5. The molecule has 176 valence electrons. The smallest absolute Gasteiger partial charge is 0.295 e. The number of amides is 1. The van der Waals surface area contributed by atoms with Crippen molar-refractivity contribution in [3.63, 3.8) is 0 Å². The van der Waals surface area contributed by atoms with Crippen molar-refractivity contribution in [1.82, 2.24) is 9.21 Å².